The largest absolute Gasteiger partial charge is 0.493 e. The van der Waals surface area contributed by atoms with E-state index in [1.54, 1.807) is 37.4 Å². The highest BCUT2D eigenvalue weighted by Gasteiger charge is 2.13. The first-order valence-electron chi connectivity index (χ1n) is 8.36. The summed E-state index contributed by atoms with van der Waals surface area (Å²) in [7, 11) is 4.65. The van der Waals surface area contributed by atoms with E-state index in [4.69, 9.17) is 14.2 Å². The maximum Gasteiger partial charge on any atom is 0.274 e. The van der Waals surface area contributed by atoms with Crippen molar-refractivity contribution < 1.29 is 23.8 Å². The third-order valence-electron chi connectivity index (χ3n) is 3.67. The third kappa shape index (κ3) is 5.68. The highest BCUT2D eigenvalue weighted by atomic mass is 16.5. The Bertz CT molecular complexity index is 795. The summed E-state index contributed by atoms with van der Waals surface area (Å²) in [5.74, 6) is 0.274. The standard InChI is InChI=1S/C19H23N3O5/c1-25-11-5-10-20-18(23)14-6-4-7-15(22-14)19(24)21-13-8-9-16(26-2)17(12-13)27-3/h4,6-9,12H,5,10-11H2,1-3H3,(H,20,23)(H,21,24). The number of ether oxygens (including phenoxy) is 3. The molecule has 2 aromatic rings. The van der Waals surface area contributed by atoms with Gasteiger partial charge in [0.1, 0.15) is 11.4 Å². The lowest BCUT2D eigenvalue weighted by molar-refractivity contribution is 0.0943. The molecule has 0 unspecified atom stereocenters. The zero-order valence-electron chi connectivity index (χ0n) is 15.6. The van der Waals surface area contributed by atoms with Crippen molar-refractivity contribution in [1.82, 2.24) is 10.3 Å². The van der Waals surface area contributed by atoms with Gasteiger partial charge in [-0.15, -0.1) is 0 Å². The first-order chi connectivity index (χ1) is 13.1. The van der Waals surface area contributed by atoms with Gasteiger partial charge in [-0.2, -0.15) is 0 Å². The zero-order valence-corrected chi connectivity index (χ0v) is 15.6. The molecule has 144 valence electrons. The number of pyridine rings is 1. The van der Waals surface area contributed by atoms with Crippen molar-refractivity contribution in [2.45, 2.75) is 6.42 Å². The summed E-state index contributed by atoms with van der Waals surface area (Å²) < 4.78 is 15.3. The molecular weight excluding hydrogens is 350 g/mol. The molecule has 0 spiro atoms. The summed E-state index contributed by atoms with van der Waals surface area (Å²) in [6, 6.07) is 9.72. The van der Waals surface area contributed by atoms with Gasteiger partial charge in [-0.3, -0.25) is 9.59 Å². The number of nitrogens with one attached hydrogen (secondary N) is 2. The van der Waals surface area contributed by atoms with Crippen molar-refractivity contribution in [3.63, 3.8) is 0 Å². The van der Waals surface area contributed by atoms with Crippen molar-refractivity contribution in [3.05, 3.63) is 47.8 Å². The first-order valence-corrected chi connectivity index (χ1v) is 8.36. The number of benzene rings is 1. The summed E-state index contributed by atoms with van der Waals surface area (Å²) in [6.07, 6.45) is 0.696. The van der Waals surface area contributed by atoms with E-state index >= 15 is 0 Å². The summed E-state index contributed by atoms with van der Waals surface area (Å²) in [4.78, 5) is 28.7. The van der Waals surface area contributed by atoms with Crippen LogP contribution in [0.25, 0.3) is 0 Å². The fourth-order valence-electron chi connectivity index (χ4n) is 2.31. The number of anilines is 1. The Hall–Kier alpha value is -3.13. The Morgan fingerprint density at radius 3 is 2.33 bits per heavy atom. The second kappa shape index (κ2) is 10.1. The van der Waals surface area contributed by atoms with Gasteiger partial charge in [-0.1, -0.05) is 6.07 Å². The van der Waals surface area contributed by atoms with Gasteiger partial charge in [0.25, 0.3) is 11.8 Å². The van der Waals surface area contributed by atoms with E-state index in [0.29, 0.717) is 36.8 Å². The van der Waals surface area contributed by atoms with E-state index in [1.807, 2.05) is 0 Å². The third-order valence-corrected chi connectivity index (χ3v) is 3.67. The van der Waals surface area contributed by atoms with Crippen molar-refractivity contribution in [1.29, 1.82) is 0 Å². The average molecular weight is 373 g/mol. The molecule has 0 atom stereocenters. The minimum atomic E-state index is -0.434. The normalized spacial score (nSPS) is 10.2. The molecule has 0 fully saturated rings. The maximum absolute atomic E-state index is 12.4. The van der Waals surface area contributed by atoms with Gasteiger partial charge < -0.3 is 24.8 Å². The monoisotopic (exact) mass is 373 g/mol. The summed E-state index contributed by atoms with van der Waals surface area (Å²) >= 11 is 0. The van der Waals surface area contributed by atoms with E-state index < -0.39 is 5.91 Å². The van der Waals surface area contributed by atoms with Crippen LogP contribution in [0.1, 0.15) is 27.4 Å². The molecule has 2 N–H and O–H groups in total. The molecule has 0 aliphatic heterocycles. The molecule has 1 heterocycles. The second-order valence-electron chi connectivity index (χ2n) is 5.53. The molecule has 8 nitrogen and oxygen atoms in total. The quantitative estimate of drug-likeness (QED) is 0.653. The molecule has 1 aromatic heterocycles. The number of carbonyl (C=O) groups excluding carboxylic acids is 2. The Balaban J connectivity index is 2.05. The fourth-order valence-corrected chi connectivity index (χ4v) is 2.31. The number of rotatable bonds is 9. The number of aromatic nitrogens is 1. The summed E-state index contributed by atoms with van der Waals surface area (Å²) in [6.45, 7) is 1.03. The highest BCUT2D eigenvalue weighted by molar-refractivity contribution is 6.04. The molecule has 0 radical (unpaired) electrons. The van der Waals surface area contributed by atoms with Gasteiger partial charge in [0.05, 0.1) is 14.2 Å². The number of methoxy groups -OCH3 is 3. The van der Waals surface area contributed by atoms with Gasteiger partial charge >= 0.3 is 0 Å². The number of nitrogens with zero attached hydrogens (tertiary/aromatic N) is 1. The topological polar surface area (TPSA) is 98.8 Å². The molecule has 2 rings (SSSR count). The van der Waals surface area contributed by atoms with Crippen LogP contribution in [0.15, 0.2) is 36.4 Å². The lowest BCUT2D eigenvalue weighted by atomic mass is 10.2. The van der Waals surface area contributed by atoms with E-state index in [9.17, 15) is 9.59 Å². The van der Waals surface area contributed by atoms with Crippen molar-refractivity contribution >= 4 is 17.5 Å². The van der Waals surface area contributed by atoms with E-state index in [0.717, 1.165) is 0 Å². The Morgan fingerprint density at radius 2 is 1.67 bits per heavy atom. The second-order valence-corrected chi connectivity index (χ2v) is 5.53. The van der Waals surface area contributed by atoms with Crippen LogP contribution in [0, 0.1) is 0 Å². The fraction of sp³-hybridized carbons (Fsp3) is 0.316. The van der Waals surface area contributed by atoms with Crippen molar-refractivity contribution in [2.75, 3.05) is 39.8 Å². The highest BCUT2D eigenvalue weighted by Crippen LogP contribution is 2.29. The molecule has 0 aliphatic rings. The molecule has 27 heavy (non-hydrogen) atoms. The van der Waals surface area contributed by atoms with Crippen LogP contribution in [0.5, 0.6) is 11.5 Å². The van der Waals surface area contributed by atoms with Crippen LogP contribution in [0.3, 0.4) is 0 Å². The number of amides is 2. The van der Waals surface area contributed by atoms with E-state index in [2.05, 4.69) is 15.6 Å². The summed E-state index contributed by atoms with van der Waals surface area (Å²) in [5, 5.41) is 5.46. The first kappa shape index (κ1) is 20.2. The van der Waals surface area contributed by atoms with E-state index in [-0.39, 0.29) is 17.3 Å². The number of hydrogen-bond donors (Lipinski definition) is 2. The molecular formula is C19H23N3O5. The molecule has 0 saturated carbocycles. The van der Waals surface area contributed by atoms with Crippen LogP contribution in [0.4, 0.5) is 5.69 Å². The summed E-state index contributed by atoms with van der Waals surface area (Å²) in [5.41, 5.74) is 0.829. The van der Waals surface area contributed by atoms with E-state index in [1.165, 1.54) is 20.3 Å². The lowest BCUT2D eigenvalue weighted by Gasteiger charge is -2.11. The minimum absolute atomic E-state index is 0.134. The molecule has 2 amide bonds. The van der Waals surface area contributed by atoms with Crippen LogP contribution in [0.2, 0.25) is 0 Å². The predicted octanol–water partition coefficient (Wildman–Crippen LogP) is 2.12. The van der Waals surface area contributed by atoms with Crippen LogP contribution < -0.4 is 20.1 Å². The van der Waals surface area contributed by atoms with Gasteiger partial charge in [0.2, 0.25) is 0 Å². The van der Waals surface area contributed by atoms with Gasteiger partial charge in [0, 0.05) is 32.0 Å². The van der Waals surface area contributed by atoms with Gasteiger partial charge in [-0.05, 0) is 30.7 Å². The molecule has 0 saturated heterocycles. The molecule has 8 heteroatoms. The number of hydrogen-bond acceptors (Lipinski definition) is 6. The van der Waals surface area contributed by atoms with Crippen LogP contribution >= 0.6 is 0 Å². The van der Waals surface area contributed by atoms with Gasteiger partial charge in [-0.25, -0.2) is 4.98 Å². The van der Waals surface area contributed by atoms with Crippen molar-refractivity contribution in [3.8, 4) is 11.5 Å². The smallest absolute Gasteiger partial charge is 0.274 e. The van der Waals surface area contributed by atoms with Crippen LogP contribution in [-0.4, -0.2) is 51.3 Å². The SMILES string of the molecule is COCCCNC(=O)c1cccc(C(=O)Nc2ccc(OC)c(OC)c2)n1. The Morgan fingerprint density at radius 1 is 0.963 bits per heavy atom. The van der Waals surface area contributed by atoms with Crippen molar-refractivity contribution in [2.24, 2.45) is 0 Å². The molecule has 0 aliphatic carbocycles. The molecule has 0 bridgehead atoms. The minimum Gasteiger partial charge on any atom is -0.493 e. The maximum atomic E-state index is 12.4. The van der Waals surface area contributed by atoms with Crippen LogP contribution in [-0.2, 0) is 4.74 Å². The lowest BCUT2D eigenvalue weighted by Crippen LogP contribution is -2.27. The van der Waals surface area contributed by atoms with Gasteiger partial charge in [0.15, 0.2) is 11.5 Å². The zero-order chi connectivity index (χ0) is 19.6. The average Bonchev–Trinajstić information content (AvgIpc) is 2.71. The predicted molar refractivity (Wildman–Crippen MR) is 101 cm³/mol. The Kier molecular flexibility index (Phi) is 7.57. The number of carbonyl (C=O) groups is 2. The Labute approximate surface area is 157 Å². The molecule has 1 aromatic carbocycles.